The van der Waals surface area contributed by atoms with Crippen molar-refractivity contribution in [3.8, 4) is 17.1 Å². The fraction of sp³-hybridized carbons (Fsp3) is 0.450. The first-order valence-corrected chi connectivity index (χ1v) is 8.93. The predicted molar refractivity (Wildman–Crippen MR) is 103 cm³/mol. The van der Waals surface area contributed by atoms with E-state index >= 15 is 0 Å². The van der Waals surface area contributed by atoms with Crippen LogP contribution in [0, 0.1) is 0 Å². The third kappa shape index (κ3) is 5.26. The Bertz CT molecular complexity index is 706. The Kier molecular flexibility index (Phi) is 7.09. The highest BCUT2D eigenvalue weighted by molar-refractivity contribution is 5.92. The van der Waals surface area contributed by atoms with Gasteiger partial charge in [-0.1, -0.05) is 6.07 Å². The number of aromatic nitrogens is 2. The van der Waals surface area contributed by atoms with Gasteiger partial charge in [0, 0.05) is 43.0 Å². The van der Waals surface area contributed by atoms with Crippen molar-refractivity contribution in [3.63, 3.8) is 0 Å². The van der Waals surface area contributed by atoms with Crippen LogP contribution in [0.25, 0.3) is 11.3 Å². The Balaban J connectivity index is 2.01. The van der Waals surface area contributed by atoms with Crippen LogP contribution in [0.15, 0.2) is 36.5 Å². The molecule has 2 aromatic rings. The fourth-order valence-corrected chi connectivity index (χ4v) is 2.88. The van der Waals surface area contributed by atoms with Gasteiger partial charge in [0.15, 0.2) is 0 Å². The molecule has 2 heterocycles. The molecule has 0 aliphatic heterocycles. The minimum atomic E-state index is -0.166. The average Bonchev–Trinajstić information content (AvgIpc) is 2.64. The van der Waals surface area contributed by atoms with E-state index in [0.717, 1.165) is 12.1 Å². The van der Waals surface area contributed by atoms with Gasteiger partial charge in [0.25, 0.3) is 5.91 Å². The summed E-state index contributed by atoms with van der Waals surface area (Å²) in [5, 5.41) is 2.96. The summed E-state index contributed by atoms with van der Waals surface area (Å²) in [6.45, 7) is 10.0. The zero-order chi connectivity index (χ0) is 19.1. The molecule has 1 N–H and O–H groups in total. The van der Waals surface area contributed by atoms with E-state index in [-0.39, 0.29) is 5.91 Å². The Morgan fingerprint density at radius 3 is 2.46 bits per heavy atom. The van der Waals surface area contributed by atoms with Gasteiger partial charge in [0.1, 0.15) is 5.69 Å². The Hall–Kier alpha value is -2.47. The second-order valence-corrected chi connectivity index (χ2v) is 6.68. The van der Waals surface area contributed by atoms with Gasteiger partial charge >= 0.3 is 0 Å². The van der Waals surface area contributed by atoms with Gasteiger partial charge in [-0.15, -0.1) is 0 Å². The van der Waals surface area contributed by atoms with E-state index in [1.165, 1.54) is 0 Å². The lowest BCUT2D eigenvalue weighted by Crippen LogP contribution is -2.42. The summed E-state index contributed by atoms with van der Waals surface area (Å²) in [5.74, 6) is 0.378. The number of rotatable bonds is 8. The van der Waals surface area contributed by atoms with Crippen LogP contribution in [0.4, 0.5) is 0 Å². The third-order valence-electron chi connectivity index (χ3n) is 4.21. The molecule has 0 radical (unpaired) electrons. The van der Waals surface area contributed by atoms with Gasteiger partial charge in [-0.3, -0.25) is 9.69 Å². The highest BCUT2D eigenvalue weighted by atomic mass is 16.5. The molecule has 2 rings (SSSR count). The van der Waals surface area contributed by atoms with Gasteiger partial charge < -0.3 is 10.1 Å². The maximum atomic E-state index is 12.4. The first kappa shape index (κ1) is 19.8. The molecular formula is C20H28N4O2. The highest BCUT2D eigenvalue weighted by Crippen LogP contribution is 2.18. The molecule has 0 aliphatic rings. The van der Waals surface area contributed by atoms with Crippen molar-refractivity contribution in [3.05, 3.63) is 42.2 Å². The molecule has 0 saturated carbocycles. The van der Waals surface area contributed by atoms with Crippen LogP contribution < -0.4 is 10.1 Å². The molecule has 0 aliphatic carbocycles. The van der Waals surface area contributed by atoms with Gasteiger partial charge in [-0.25, -0.2) is 9.97 Å². The topological polar surface area (TPSA) is 67.3 Å². The van der Waals surface area contributed by atoms with E-state index in [9.17, 15) is 4.79 Å². The number of ether oxygens (including phenoxy) is 1. The van der Waals surface area contributed by atoms with Crippen molar-refractivity contribution in [2.75, 3.05) is 20.2 Å². The SMILES string of the molecule is COc1ccc(-c2cccc(C(=O)NCCN(C(C)C)C(C)C)n2)cn1. The minimum absolute atomic E-state index is 0.166. The Labute approximate surface area is 155 Å². The summed E-state index contributed by atoms with van der Waals surface area (Å²) in [4.78, 5) is 23.4. The Morgan fingerprint density at radius 2 is 1.88 bits per heavy atom. The summed E-state index contributed by atoms with van der Waals surface area (Å²) in [5.41, 5.74) is 1.95. The second kappa shape index (κ2) is 9.29. The molecule has 1 amide bonds. The molecule has 6 heteroatoms. The predicted octanol–water partition coefficient (Wildman–Crippen LogP) is 3.00. The van der Waals surface area contributed by atoms with Crippen LogP contribution in [-0.4, -0.2) is 53.1 Å². The zero-order valence-corrected chi connectivity index (χ0v) is 16.2. The van der Waals surface area contributed by atoms with E-state index in [0.29, 0.717) is 35.9 Å². The second-order valence-electron chi connectivity index (χ2n) is 6.68. The third-order valence-corrected chi connectivity index (χ3v) is 4.21. The average molecular weight is 356 g/mol. The minimum Gasteiger partial charge on any atom is -0.481 e. The van der Waals surface area contributed by atoms with E-state index in [1.54, 1.807) is 25.4 Å². The summed E-state index contributed by atoms with van der Waals surface area (Å²) in [6.07, 6.45) is 1.69. The number of carbonyl (C=O) groups is 1. The van der Waals surface area contributed by atoms with Crippen molar-refractivity contribution in [1.29, 1.82) is 0 Å². The zero-order valence-electron chi connectivity index (χ0n) is 16.2. The van der Waals surface area contributed by atoms with Gasteiger partial charge in [0.05, 0.1) is 12.8 Å². The standard InChI is InChI=1S/C20H28N4O2/c1-14(2)24(15(3)4)12-11-21-20(25)18-8-6-7-17(23-18)16-9-10-19(26-5)22-13-16/h6-10,13-15H,11-12H2,1-5H3,(H,21,25). The maximum absolute atomic E-state index is 12.4. The quantitative estimate of drug-likeness (QED) is 0.787. The molecule has 0 atom stereocenters. The molecule has 0 bridgehead atoms. The summed E-state index contributed by atoms with van der Waals surface area (Å²) >= 11 is 0. The lowest BCUT2D eigenvalue weighted by molar-refractivity contribution is 0.0934. The number of hydrogen-bond acceptors (Lipinski definition) is 5. The molecular weight excluding hydrogens is 328 g/mol. The highest BCUT2D eigenvalue weighted by Gasteiger charge is 2.14. The van der Waals surface area contributed by atoms with Gasteiger partial charge in [-0.2, -0.15) is 0 Å². The maximum Gasteiger partial charge on any atom is 0.269 e. The molecule has 2 aromatic heterocycles. The molecule has 0 unspecified atom stereocenters. The lowest BCUT2D eigenvalue weighted by atomic mass is 10.2. The number of methoxy groups -OCH3 is 1. The van der Waals surface area contributed by atoms with E-state index in [4.69, 9.17) is 4.74 Å². The molecule has 6 nitrogen and oxygen atoms in total. The molecule has 0 spiro atoms. The van der Waals surface area contributed by atoms with E-state index in [2.05, 4.69) is 47.9 Å². The van der Waals surface area contributed by atoms with E-state index < -0.39 is 0 Å². The normalized spacial score (nSPS) is 11.2. The summed E-state index contributed by atoms with van der Waals surface area (Å²) < 4.78 is 5.06. The molecule has 0 fully saturated rings. The number of carbonyl (C=O) groups excluding carboxylic acids is 1. The van der Waals surface area contributed by atoms with Crippen molar-refractivity contribution in [1.82, 2.24) is 20.2 Å². The van der Waals surface area contributed by atoms with Gasteiger partial charge in [0.2, 0.25) is 5.88 Å². The smallest absolute Gasteiger partial charge is 0.269 e. The number of pyridine rings is 2. The first-order chi connectivity index (χ1) is 12.4. The largest absolute Gasteiger partial charge is 0.481 e. The molecule has 140 valence electrons. The van der Waals surface area contributed by atoms with E-state index in [1.807, 2.05) is 18.2 Å². The molecule has 0 aromatic carbocycles. The Morgan fingerprint density at radius 1 is 1.15 bits per heavy atom. The van der Waals surface area contributed by atoms with Crippen LogP contribution in [0.2, 0.25) is 0 Å². The number of amides is 1. The van der Waals surface area contributed by atoms with Crippen molar-refractivity contribution < 1.29 is 9.53 Å². The van der Waals surface area contributed by atoms with Crippen LogP contribution >= 0.6 is 0 Å². The number of nitrogens with zero attached hydrogens (tertiary/aromatic N) is 3. The summed E-state index contributed by atoms with van der Waals surface area (Å²) in [7, 11) is 1.57. The number of hydrogen-bond donors (Lipinski definition) is 1. The van der Waals surface area contributed by atoms with Crippen molar-refractivity contribution in [2.24, 2.45) is 0 Å². The van der Waals surface area contributed by atoms with Crippen LogP contribution in [0.1, 0.15) is 38.2 Å². The monoisotopic (exact) mass is 356 g/mol. The van der Waals surface area contributed by atoms with Crippen molar-refractivity contribution in [2.45, 2.75) is 39.8 Å². The molecule has 0 saturated heterocycles. The summed E-state index contributed by atoms with van der Waals surface area (Å²) in [6, 6.07) is 9.94. The first-order valence-electron chi connectivity index (χ1n) is 8.93. The van der Waals surface area contributed by atoms with Gasteiger partial charge in [-0.05, 0) is 45.9 Å². The van der Waals surface area contributed by atoms with Crippen LogP contribution in [0.3, 0.4) is 0 Å². The lowest BCUT2D eigenvalue weighted by Gasteiger charge is -2.30. The fourth-order valence-electron chi connectivity index (χ4n) is 2.88. The van der Waals surface area contributed by atoms with Crippen molar-refractivity contribution >= 4 is 5.91 Å². The van der Waals surface area contributed by atoms with Crippen LogP contribution in [0.5, 0.6) is 5.88 Å². The molecule has 26 heavy (non-hydrogen) atoms. The van der Waals surface area contributed by atoms with Crippen LogP contribution in [-0.2, 0) is 0 Å². The number of nitrogens with one attached hydrogen (secondary N) is 1.